The highest BCUT2D eigenvalue weighted by atomic mass is 16.5. The third-order valence-corrected chi connectivity index (χ3v) is 4.82. The quantitative estimate of drug-likeness (QED) is 0.800. The van der Waals surface area contributed by atoms with Crippen LogP contribution in [0.15, 0.2) is 42.5 Å². The number of carbonyl (C=O) groups is 3. The van der Waals surface area contributed by atoms with Gasteiger partial charge >= 0.3 is 5.97 Å². The first-order valence-electron chi connectivity index (χ1n) is 8.96. The Morgan fingerprint density at radius 1 is 1.18 bits per heavy atom. The van der Waals surface area contributed by atoms with Gasteiger partial charge in [-0.3, -0.25) is 14.4 Å². The molecule has 2 aromatic rings. The van der Waals surface area contributed by atoms with Crippen LogP contribution in [0.2, 0.25) is 0 Å². The molecule has 0 bridgehead atoms. The van der Waals surface area contributed by atoms with Crippen molar-refractivity contribution in [3.8, 4) is 5.75 Å². The molecule has 1 aliphatic rings. The van der Waals surface area contributed by atoms with Gasteiger partial charge in [-0.05, 0) is 47.9 Å². The summed E-state index contributed by atoms with van der Waals surface area (Å²) in [6, 6.07) is 11.4. The smallest absolute Gasteiger partial charge is 0.305 e. The Bertz CT molecular complexity index is 908. The van der Waals surface area contributed by atoms with Crippen molar-refractivity contribution in [2.24, 2.45) is 0 Å². The molecular formula is C21H22N2O5. The maximum Gasteiger partial charge on any atom is 0.305 e. The Kier molecular flexibility index (Phi) is 5.63. The molecule has 0 radical (unpaired) electrons. The normalized spacial score (nSPS) is 13.6. The van der Waals surface area contributed by atoms with Crippen molar-refractivity contribution in [3.63, 3.8) is 0 Å². The van der Waals surface area contributed by atoms with Crippen molar-refractivity contribution in [3.05, 3.63) is 59.2 Å². The van der Waals surface area contributed by atoms with E-state index >= 15 is 0 Å². The first kappa shape index (κ1) is 19.4. The zero-order valence-electron chi connectivity index (χ0n) is 15.8. The second-order valence-corrected chi connectivity index (χ2v) is 6.66. The average Bonchev–Trinajstić information content (AvgIpc) is 3.10. The zero-order chi connectivity index (χ0) is 20.3. The molecule has 0 saturated carbocycles. The van der Waals surface area contributed by atoms with Crippen LogP contribution in [0.25, 0.3) is 0 Å². The Labute approximate surface area is 162 Å². The number of anilines is 1. The predicted molar refractivity (Wildman–Crippen MR) is 104 cm³/mol. The van der Waals surface area contributed by atoms with Crippen molar-refractivity contribution in [2.45, 2.75) is 25.8 Å². The van der Waals surface area contributed by atoms with Crippen molar-refractivity contribution < 1.29 is 24.2 Å². The third kappa shape index (κ3) is 4.14. The van der Waals surface area contributed by atoms with E-state index in [1.807, 2.05) is 0 Å². The molecule has 2 N–H and O–H groups in total. The number of nitrogens with one attached hydrogen (secondary N) is 1. The predicted octanol–water partition coefficient (Wildman–Crippen LogP) is 2.55. The number of fused-ring (bicyclic) bond motifs is 1. The van der Waals surface area contributed by atoms with Crippen molar-refractivity contribution in [2.75, 3.05) is 18.6 Å². The largest absolute Gasteiger partial charge is 0.497 e. The third-order valence-electron chi connectivity index (χ3n) is 4.82. The van der Waals surface area contributed by atoms with Crippen LogP contribution < -0.4 is 15.0 Å². The van der Waals surface area contributed by atoms with Gasteiger partial charge in [0.2, 0.25) is 5.91 Å². The van der Waals surface area contributed by atoms with Crippen molar-refractivity contribution >= 4 is 23.5 Å². The van der Waals surface area contributed by atoms with Crippen LogP contribution in [-0.4, -0.2) is 36.5 Å². The lowest BCUT2D eigenvalue weighted by Crippen LogP contribution is -2.30. The highest BCUT2D eigenvalue weighted by molar-refractivity contribution is 5.98. The van der Waals surface area contributed by atoms with Gasteiger partial charge in [-0.1, -0.05) is 12.1 Å². The standard InChI is InChI=1S/C21H22N2O5/c1-13(24)23-10-9-15-11-16(5-8-19(15)23)21(27)22-18(12-20(25)26)14-3-6-17(28-2)7-4-14/h3-8,11,18H,9-10,12H2,1-2H3,(H,22,27)(H,25,26). The molecule has 1 atom stereocenters. The van der Waals surface area contributed by atoms with Gasteiger partial charge in [-0.15, -0.1) is 0 Å². The number of ether oxygens (including phenoxy) is 1. The van der Waals surface area contributed by atoms with Gasteiger partial charge in [0, 0.05) is 24.7 Å². The van der Waals surface area contributed by atoms with Crippen molar-refractivity contribution in [1.82, 2.24) is 5.32 Å². The number of hydrogen-bond donors (Lipinski definition) is 2. The molecule has 0 spiro atoms. The Hall–Kier alpha value is -3.35. The number of amides is 2. The molecule has 146 valence electrons. The number of methoxy groups -OCH3 is 1. The molecule has 2 aromatic carbocycles. The van der Waals surface area contributed by atoms with Gasteiger partial charge in [0.1, 0.15) is 5.75 Å². The highest BCUT2D eigenvalue weighted by Gasteiger charge is 2.24. The summed E-state index contributed by atoms with van der Waals surface area (Å²) in [5.74, 6) is -0.743. The first-order chi connectivity index (χ1) is 13.4. The van der Waals surface area contributed by atoms with Crippen LogP contribution in [0.3, 0.4) is 0 Å². The summed E-state index contributed by atoms with van der Waals surface area (Å²) in [5.41, 5.74) is 2.87. The molecule has 0 aliphatic carbocycles. The number of nitrogens with zero attached hydrogens (tertiary/aromatic N) is 1. The van der Waals surface area contributed by atoms with E-state index < -0.39 is 12.0 Å². The molecule has 1 unspecified atom stereocenters. The lowest BCUT2D eigenvalue weighted by molar-refractivity contribution is -0.137. The fourth-order valence-electron chi connectivity index (χ4n) is 3.37. The van der Waals surface area contributed by atoms with E-state index in [1.165, 1.54) is 6.92 Å². The maximum absolute atomic E-state index is 12.7. The second-order valence-electron chi connectivity index (χ2n) is 6.66. The van der Waals surface area contributed by atoms with Gasteiger partial charge in [-0.25, -0.2) is 0 Å². The fourth-order valence-corrected chi connectivity index (χ4v) is 3.37. The van der Waals surface area contributed by atoms with Gasteiger partial charge in [0.15, 0.2) is 0 Å². The molecule has 7 nitrogen and oxygen atoms in total. The fraction of sp³-hybridized carbons (Fsp3) is 0.286. The molecule has 1 aliphatic heterocycles. The van der Waals surface area contributed by atoms with E-state index in [0.29, 0.717) is 29.8 Å². The van der Waals surface area contributed by atoms with Crippen LogP contribution >= 0.6 is 0 Å². The number of aliphatic carboxylic acids is 1. The molecule has 7 heteroatoms. The van der Waals surface area contributed by atoms with E-state index in [1.54, 1.807) is 54.5 Å². The molecule has 28 heavy (non-hydrogen) atoms. The summed E-state index contributed by atoms with van der Waals surface area (Å²) in [5, 5.41) is 12.0. The lowest BCUT2D eigenvalue weighted by Gasteiger charge is -2.19. The molecule has 0 fully saturated rings. The molecule has 0 aromatic heterocycles. The average molecular weight is 382 g/mol. The molecule has 0 saturated heterocycles. The summed E-state index contributed by atoms with van der Waals surface area (Å²) in [4.78, 5) is 37.3. The monoisotopic (exact) mass is 382 g/mol. The minimum absolute atomic E-state index is 0.0306. The van der Waals surface area contributed by atoms with Crippen LogP contribution in [-0.2, 0) is 16.0 Å². The Morgan fingerprint density at radius 2 is 1.89 bits per heavy atom. The summed E-state index contributed by atoms with van der Waals surface area (Å²) in [7, 11) is 1.55. The van der Waals surface area contributed by atoms with E-state index in [4.69, 9.17) is 4.74 Å². The van der Waals surface area contributed by atoms with Crippen LogP contribution in [0.5, 0.6) is 5.75 Å². The molecule has 1 heterocycles. The van der Waals surface area contributed by atoms with Gasteiger partial charge in [0.05, 0.1) is 19.6 Å². The maximum atomic E-state index is 12.7. The minimum atomic E-state index is -1.01. The molecular weight excluding hydrogens is 360 g/mol. The summed E-state index contributed by atoms with van der Waals surface area (Å²) in [6.07, 6.45) is 0.453. The molecule has 3 rings (SSSR count). The van der Waals surface area contributed by atoms with E-state index in [-0.39, 0.29) is 18.2 Å². The molecule has 2 amide bonds. The zero-order valence-corrected chi connectivity index (χ0v) is 15.8. The number of rotatable bonds is 6. The summed E-state index contributed by atoms with van der Waals surface area (Å²) < 4.78 is 5.12. The second kappa shape index (κ2) is 8.12. The number of hydrogen-bond acceptors (Lipinski definition) is 4. The SMILES string of the molecule is COc1ccc(C(CC(=O)O)NC(=O)c2ccc3c(c2)CCN3C(C)=O)cc1. The number of carboxylic acids is 1. The first-order valence-corrected chi connectivity index (χ1v) is 8.96. The number of carboxylic acid groups (broad SMARTS) is 1. The number of carbonyl (C=O) groups excluding carboxylic acids is 2. The number of benzene rings is 2. The van der Waals surface area contributed by atoms with Crippen LogP contribution in [0.1, 0.15) is 40.9 Å². The van der Waals surface area contributed by atoms with Crippen molar-refractivity contribution in [1.29, 1.82) is 0 Å². The van der Waals surface area contributed by atoms with Gasteiger partial charge in [-0.2, -0.15) is 0 Å². The van der Waals surface area contributed by atoms with E-state index in [0.717, 1.165) is 11.3 Å². The minimum Gasteiger partial charge on any atom is -0.497 e. The topological polar surface area (TPSA) is 95.9 Å². The van der Waals surface area contributed by atoms with Gasteiger partial charge in [0.25, 0.3) is 5.91 Å². The van der Waals surface area contributed by atoms with E-state index in [2.05, 4.69) is 5.32 Å². The summed E-state index contributed by atoms with van der Waals surface area (Å²) >= 11 is 0. The Balaban J connectivity index is 1.80. The summed E-state index contributed by atoms with van der Waals surface area (Å²) in [6.45, 7) is 2.12. The lowest BCUT2D eigenvalue weighted by atomic mass is 10.0. The highest BCUT2D eigenvalue weighted by Crippen LogP contribution is 2.29. The Morgan fingerprint density at radius 3 is 2.50 bits per heavy atom. The van der Waals surface area contributed by atoms with Gasteiger partial charge < -0.3 is 20.1 Å². The van der Waals surface area contributed by atoms with E-state index in [9.17, 15) is 19.5 Å². The van der Waals surface area contributed by atoms with Crippen LogP contribution in [0, 0.1) is 0 Å². The van der Waals surface area contributed by atoms with Crippen LogP contribution in [0.4, 0.5) is 5.69 Å².